The van der Waals surface area contributed by atoms with E-state index >= 15 is 0 Å². The molecule has 0 unspecified atom stereocenters. The molecule has 0 atom stereocenters. The van der Waals surface area contributed by atoms with Crippen LogP contribution in [0.4, 0.5) is 0 Å². The molecule has 1 heteroatoms. The summed E-state index contributed by atoms with van der Waals surface area (Å²) >= 11 is 0. The van der Waals surface area contributed by atoms with Crippen molar-refractivity contribution in [1.29, 1.82) is 0 Å². The maximum atomic E-state index is 2.20. The Morgan fingerprint density at radius 2 is 1.50 bits per heavy atom. The van der Waals surface area contributed by atoms with Crippen molar-refractivity contribution in [3.63, 3.8) is 0 Å². The van der Waals surface area contributed by atoms with Gasteiger partial charge in [-0.3, -0.25) is 0 Å². The van der Waals surface area contributed by atoms with E-state index in [4.69, 9.17) is 0 Å². The van der Waals surface area contributed by atoms with Crippen LogP contribution in [-0.4, -0.2) is 0 Å². The molecule has 10 heavy (non-hydrogen) atoms. The first-order valence-corrected chi connectivity index (χ1v) is 3.35. The van der Waals surface area contributed by atoms with Gasteiger partial charge in [0, 0.05) is 17.1 Å². The summed E-state index contributed by atoms with van der Waals surface area (Å²) in [7, 11) is 0. The quantitative estimate of drug-likeness (QED) is 0.577. The minimum atomic E-state index is 0. The van der Waals surface area contributed by atoms with Crippen LogP contribution in [0.5, 0.6) is 0 Å². The largest absolute Gasteiger partial charge is 0.0622 e. The minimum Gasteiger partial charge on any atom is -0.0622 e. The molecule has 0 fully saturated rings. The van der Waals surface area contributed by atoms with Gasteiger partial charge in [-0.15, -0.1) is 0 Å². The number of rotatable bonds is 1. The first-order chi connectivity index (χ1) is 4.30. The van der Waals surface area contributed by atoms with Crippen molar-refractivity contribution in [2.75, 3.05) is 0 Å². The van der Waals surface area contributed by atoms with Crippen molar-refractivity contribution >= 4 is 0 Å². The van der Waals surface area contributed by atoms with E-state index in [0.717, 1.165) is 0 Å². The summed E-state index contributed by atoms with van der Waals surface area (Å²) in [5.41, 5.74) is 1.41. The van der Waals surface area contributed by atoms with Crippen LogP contribution < -0.4 is 0 Å². The minimum absolute atomic E-state index is 0. The average Bonchev–Trinajstić information content (AvgIpc) is 1.90. The van der Waals surface area contributed by atoms with E-state index in [-0.39, 0.29) is 17.1 Å². The van der Waals surface area contributed by atoms with Crippen LogP contribution in [0.3, 0.4) is 0 Å². The van der Waals surface area contributed by atoms with Gasteiger partial charge < -0.3 is 0 Å². The van der Waals surface area contributed by atoms with E-state index in [0.29, 0.717) is 5.92 Å². The zero-order chi connectivity index (χ0) is 6.69. The molecule has 0 nitrogen and oxygen atoms in total. The van der Waals surface area contributed by atoms with Crippen LogP contribution in [0.25, 0.3) is 0 Å². The van der Waals surface area contributed by atoms with Crippen LogP contribution in [0.15, 0.2) is 30.3 Å². The molecule has 0 saturated carbocycles. The van der Waals surface area contributed by atoms with Gasteiger partial charge in [0.05, 0.1) is 0 Å². The molecule has 1 rings (SSSR count). The summed E-state index contributed by atoms with van der Waals surface area (Å²) in [6.45, 7) is 4.41. The van der Waals surface area contributed by atoms with Crippen molar-refractivity contribution in [2.45, 2.75) is 19.8 Å². The Morgan fingerprint density at radius 1 is 1.00 bits per heavy atom. The Morgan fingerprint density at radius 3 is 1.80 bits per heavy atom. The first kappa shape index (κ1) is 9.74. The summed E-state index contributed by atoms with van der Waals surface area (Å²) in [6, 6.07) is 10.5. The van der Waals surface area contributed by atoms with Crippen molar-refractivity contribution in [1.82, 2.24) is 0 Å². The standard InChI is InChI=1S/C9H12.Fe/c1-8(2)9-6-4-3-5-7-9;/h3-8H,1-2H3;. The first-order valence-electron chi connectivity index (χ1n) is 3.35. The van der Waals surface area contributed by atoms with Gasteiger partial charge in [0.25, 0.3) is 0 Å². The summed E-state index contributed by atoms with van der Waals surface area (Å²) in [5, 5.41) is 0. The molecule has 0 heterocycles. The predicted octanol–water partition coefficient (Wildman–Crippen LogP) is 2.81. The third kappa shape index (κ3) is 2.55. The monoisotopic (exact) mass is 176 g/mol. The van der Waals surface area contributed by atoms with E-state index in [1.165, 1.54) is 5.56 Å². The van der Waals surface area contributed by atoms with Gasteiger partial charge in [-0.2, -0.15) is 0 Å². The molecular formula is C9H12Fe. The fraction of sp³-hybridized carbons (Fsp3) is 0.333. The van der Waals surface area contributed by atoms with Crippen molar-refractivity contribution in [3.8, 4) is 0 Å². The fourth-order valence-electron chi connectivity index (χ4n) is 0.838. The Labute approximate surface area is 73.1 Å². The van der Waals surface area contributed by atoms with E-state index < -0.39 is 0 Å². The molecule has 0 bridgehead atoms. The molecule has 0 aromatic heterocycles. The normalized spacial score (nSPS) is 9.10. The van der Waals surface area contributed by atoms with E-state index in [1.54, 1.807) is 0 Å². The Balaban J connectivity index is 0.000000810. The smallest absolute Gasteiger partial charge is 0 e. The second-order valence-corrected chi connectivity index (χ2v) is 2.57. The van der Waals surface area contributed by atoms with Gasteiger partial charge in [-0.25, -0.2) is 0 Å². The zero-order valence-electron chi connectivity index (χ0n) is 6.32. The molecule has 1 aromatic rings. The van der Waals surface area contributed by atoms with Gasteiger partial charge in [0.2, 0.25) is 0 Å². The number of hydrogen-bond acceptors (Lipinski definition) is 0. The molecule has 0 amide bonds. The SMILES string of the molecule is CC(C)c1ccccc1.[Fe]. The van der Waals surface area contributed by atoms with E-state index in [2.05, 4.69) is 38.1 Å². The zero-order valence-corrected chi connectivity index (χ0v) is 7.42. The Hall–Kier alpha value is -0.261. The molecule has 0 radical (unpaired) electrons. The van der Waals surface area contributed by atoms with E-state index in [9.17, 15) is 0 Å². The Kier molecular flexibility index (Phi) is 4.42. The molecule has 0 aliphatic carbocycles. The maximum absolute atomic E-state index is 2.20. The molecule has 0 saturated heterocycles. The second-order valence-electron chi connectivity index (χ2n) is 2.57. The van der Waals surface area contributed by atoms with Gasteiger partial charge in [-0.05, 0) is 11.5 Å². The average molecular weight is 176 g/mol. The van der Waals surface area contributed by atoms with Crippen molar-refractivity contribution < 1.29 is 17.1 Å². The maximum Gasteiger partial charge on any atom is 0 e. The number of benzene rings is 1. The Bertz CT molecular complexity index is 167. The molecule has 0 N–H and O–H groups in total. The second kappa shape index (κ2) is 4.54. The molecule has 0 aliphatic rings. The third-order valence-corrected chi connectivity index (χ3v) is 1.47. The summed E-state index contributed by atoms with van der Waals surface area (Å²) in [6.07, 6.45) is 0. The summed E-state index contributed by atoms with van der Waals surface area (Å²) in [5.74, 6) is 0.659. The van der Waals surface area contributed by atoms with Crippen molar-refractivity contribution in [2.24, 2.45) is 0 Å². The van der Waals surface area contributed by atoms with Gasteiger partial charge >= 0.3 is 0 Å². The number of hydrogen-bond donors (Lipinski definition) is 0. The molecule has 1 aromatic carbocycles. The molecular weight excluding hydrogens is 164 g/mol. The van der Waals surface area contributed by atoms with Gasteiger partial charge in [0.1, 0.15) is 0 Å². The van der Waals surface area contributed by atoms with Gasteiger partial charge in [0.15, 0.2) is 0 Å². The molecule has 0 aliphatic heterocycles. The topological polar surface area (TPSA) is 0 Å². The molecule has 56 valence electrons. The summed E-state index contributed by atoms with van der Waals surface area (Å²) in [4.78, 5) is 0. The fourth-order valence-corrected chi connectivity index (χ4v) is 0.838. The van der Waals surface area contributed by atoms with E-state index in [1.807, 2.05) is 6.07 Å². The third-order valence-electron chi connectivity index (χ3n) is 1.47. The molecule has 0 spiro atoms. The van der Waals surface area contributed by atoms with Crippen LogP contribution in [0, 0.1) is 0 Å². The van der Waals surface area contributed by atoms with Crippen LogP contribution in [0.2, 0.25) is 0 Å². The van der Waals surface area contributed by atoms with Crippen LogP contribution in [-0.2, 0) is 17.1 Å². The predicted molar refractivity (Wildman–Crippen MR) is 40.5 cm³/mol. The van der Waals surface area contributed by atoms with Gasteiger partial charge in [-0.1, -0.05) is 44.2 Å². The van der Waals surface area contributed by atoms with Crippen molar-refractivity contribution in [3.05, 3.63) is 35.9 Å². The van der Waals surface area contributed by atoms with Crippen LogP contribution >= 0.6 is 0 Å². The summed E-state index contributed by atoms with van der Waals surface area (Å²) < 4.78 is 0. The van der Waals surface area contributed by atoms with Crippen LogP contribution in [0.1, 0.15) is 25.3 Å².